The number of hydrogen-bond donors (Lipinski definition) is 1. The molecule has 2 heteroatoms. The third-order valence-electron chi connectivity index (χ3n) is 4.38. The fourth-order valence-corrected chi connectivity index (χ4v) is 4.69. The van der Waals surface area contributed by atoms with Crippen LogP contribution in [-0.2, 0) is 19.3 Å². The van der Waals surface area contributed by atoms with Gasteiger partial charge in [-0.25, -0.2) is 0 Å². The Morgan fingerprint density at radius 2 is 1.33 bits per heavy atom. The SMILES string of the molecule is CCCc1cc(CC[Si]c2cc(C)cc(C)c2)c(CCC)cc1O. The van der Waals surface area contributed by atoms with E-state index in [4.69, 9.17) is 0 Å². The topological polar surface area (TPSA) is 20.2 Å². The van der Waals surface area contributed by atoms with Gasteiger partial charge in [-0.2, -0.15) is 0 Å². The van der Waals surface area contributed by atoms with E-state index in [-0.39, 0.29) is 0 Å². The summed E-state index contributed by atoms with van der Waals surface area (Å²) in [4.78, 5) is 0. The molecule has 0 spiro atoms. The van der Waals surface area contributed by atoms with Crippen LogP contribution < -0.4 is 5.19 Å². The maximum Gasteiger partial charge on any atom is 0.119 e. The van der Waals surface area contributed by atoms with Crippen molar-refractivity contribution in [2.24, 2.45) is 0 Å². The number of benzene rings is 2. The van der Waals surface area contributed by atoms with Crippen LogP contribution in [-0.4, -0.2) is 14.6 Å². The Balaban J connectivity index is 2.10. The zero-order valence-electron chi connectivity index (χ0n) is 15.6. The summed E-state index contributed by atoms with van der Waals surface area (Å²) in [5.41, 5.74) is 6.61. The number of phenols is 1. The lowest BCUT2D eigenvalue weighted by Crippen LogP contribution is -2.15. The van der Waals surface area contributed by atoms with E-state index in [0.29, 0.717) is 5.75 Å². The van der Waals surface area contributed by atoms with Gasteiger partial charge in [0.1, 0.15) is 5.75 Å². The van der Waals surface area contributed by atoms with Crippen LogP contribution in [0.15, 0.2) is 30.3 Å². The summed E-state index contributed by atoms with van der Waals surface area (Å²) in [6.45, 7) is 8.73. The molecule has 0 aliphatic rings. The van der Waals surface area contributed by atoms with Crippen molar-refractivity contribution in [2.75, 3.05) is 0 Å². The lowest BCUT2D eigenvalue weighted by atomic mass is 9.96. The van der Waals surface area contributed by atoms with Crippen molar-refractivity contribution in [3.05, 3.63) is 58.1 Å². The van der Waals surface area contributed by atoms with Gasteiger partial charge < -0.3 is 5.11 Å². The first-order chi connectivity index (χ1) is 11.5. The normalized spacial score (nSPS) is 11.0. The number of hydrogen-bond acceptors (Lipinski definition) is 1. The molecule has 24 heavy (non-hydrogen) atoms. The van der Waals surface area contributed by atoms with E-state index in [1.165, 1.54) is 33.5 Å². The van der Waals surface area contributed by atoms with Gasteiger partial charge in [0, 0.05) is 0 Å². The number of aromatic hydroxyl groups is 1. The number of phenolic OH excluding ortho intramolecular Hbond substituents is 1. The van der Waals surface area contributed by atoms with Gasteiger partial charge >= 0.3 is 0 Å². The Bertz CT molecular complexity index is 656. The molecule has 0 fully saturated rings. The number of rotatable bonds is 8. The molecular formula is C22H30OSi. The highest BCUT2D eigenvalue weighted by Crippen LogP contribution is 2.26. The third kappa shape index (κ3) is 5.24. The van der Waals surface area contributed by atoms with Crippen molar-refractivity contribution in [3.63, 3.8) is 0 Å². The van der Waals surface area contributed by atoms with E-state index >= 15 is 0 Å². The molecule has 2 radical (unpaired) electrons. The zero-order valence-corrected chi connectivity index (χ0v) is 16.6. The molecule has 0 bridgehead atoms. The first-order valence-electron chi connectivity index (χ1n) is 9.19. The molecule has 1 nitrogen and oxygen atoms in total. The van der Waals surface area contributed by atoms with E-state index in [2.05, 4.69) is 52.0 Å². The summed E-state index contributed by atoms with van der Waals surface area (Å²) >= 11 is 0. The van der Waals surface area contributed by atoms with Crippen LogP contribution >= 0.6 is 0 Å². The molecule has 128 valence electrons. The maximum absolute atomic E-state index is 10.2. The van der Waals surface area contributed by atoms with Gasteiger partial charge in [0.15, 0.2) is 0 Å². The van der Waals surface area contributed by atoms with Crippen molar-refractivity contribution in [1.82, 2.24) is 0 Å². The summed E-state index contributed by atoms with van der Waals surface area (Å²) in [5, 5.41) is 11.7. The van der Waals surface area contributed by atoms with E-state index in [1.54, 1.807) is 0 Å². The Morgan fingerprint density at radius 1 is 0.750 bits per heavy atom. The Hall–Kier alpha value is -1.54. The van der Waals surface area contributed by atoms with Gasteiger partial charge in [-0.1, -0.05) is 73.3 Å². The van der Waals surface area contributed by atoms with Crippen molar-refractivity contribution < 1.29 is 5.11 Å². The van der Waals surface area contributed by atoms with Gasteiger partial charge in [-0.05, 0) is 55.9 Å². The fraction of sp³-hybridized carbons (Fsp3) is 0.455. The van der Waals surface area contributed by atoms with E-state index in [9.17, 15) is 5.11 Å². The third-order valence-corrected chi connectivity index (χ3v) is 5.58. The molecule has 0 saturated carbocycles. The quantitative estimate of drug-likeness (QED) is 0.678. The zero-order chi connectivity index (χ0) is 17.5. The minimum absolute atomic E-state index is 0.487. The van der Waals surface area contributed by atoms with Crippen LogP contribution in [0.4, 0.5) is 0 Å². The van der Waals surface area contributed by atoms with Crippen molar-refractivity contribution in [1.29, 1.82) is 0 Å². The molecule has 2 aromatic carbocycles. The van der Waals surface area contributed by atoms with Crippen LogP contribution in [0.5, 0.6) is 5.75 Å². The molecule has 0 saturated heterocycles. The highest BCUT2D eigenvalue weighted by molar-refractivity contribution is 6.53. The van der Waals surface area contributed by atoms with Crippen LogP contribution in [0.1, 0.15) is 54.5 Å². The minimum Gasteiger partial charge on any atom is -0.508 e. The lowest BCUT2D eigenvalue weighted by Gasteiger charge is -2.13. The molecular weight excluding hydrogens is 308 g/mol. The van der Waals surface area contributed by atoms with Crippen molar-refractivity contribution in [2.45, 2.75) is 65.8 Å². The van der Waals surface area contributed by atoms with Crippen molar-refractivity contribution in [3.8, 4) is 5.75 Å². The fourth-order valence-electron chi connectivity index (χ4n) is 3.35. The van der Waals surface area contributed by atoms with Gasteiger partial charge in [-0.3, -0.25) is 0 Å². The second-order valence-electron chi connectivity index (χ2n) is 6.80. The van der Waals surface area contributed by atoms with Crippen molar-refractivity contribution >= 4 is 14.7 Å². The predicted molar refractivity (Wildman–Crippen MR) is 106 cm³/mol. The molecule has 0 amide bonds. The second-order valence-corrected chi connectivity index (χ2v) is 8.23. The highest BCUT2D eigenvalue weighted by atomic mass is 28.2. The summed E-state index contributed by atoms with van der Waals surface area (Å²) in [7, 11) is 0.854. The monoisotopic (exact) mass is 338 g/mol. The molecule has 1 N–H and O–H groups in total. The molecule has 0 heterocycles. The summed E-state index contributed by atoms with van der Waals surface area (Å²) in [6.07, 6.45) is 5.33. The smallest absolute Gasteiger partial charge is 0.119 e. The lowest BCUT2D eigenvalue weighted by molar-refractivity contribution is 0.466. The Labute approximate surface area is 150 Å². The summed E-state index contributed by atoms with van der Waals surface area (Å²) in [6, 6.07) is 12.3. The predicted octanol–water partition coefficient (Wildman–Crippen LogP) is 4.90. The van der Waals surface area contributed by atoms with E-state index in [0.717, 1.165) is 47.2 Å². The Kier molecular flexibility index (Phi) is 7.10. The number of aryl methyl sites for hydroxylation is 5. The van der Waals surface area contributed by atoms with Gasteiger partial charge in [0.05, 0.1) is 9.52 Å². The average molecular weight is 339 g/mol. The van der Waals surface area contributed by atoms with Gasteiger partial charge in [0.25, 0.3) is 0 Å². The Morgan fingerprint density at radius 3 is 1.96 bits per heavy atom. The standard InChI is InChI=1S/C22H30OSi/c1-5-7-18-15-22(23)20(8-6-2)14-19(18)9-10-24-21-12-16(3)11-17(4)13-21/h11-15,23H,5-10H2,1-4H3. The molecule has 0 aromatic heterocycles. The first-order valence-corrected chi connectivity index (χ1v) is 10.4. The molecule has 2 rings (SSSR count). The minimum atomic E-state index is 0.487. The highest BCUT2D eigenvalue weighted by Gasteiger charge is 2.09. The molecule has 2 aromatic rings. The molecule has 0 aliphatic heterocycles. The van der Waals surface area contributed by atoms with Gasteiger partial charge in [0.2, 0.25) is 0 Å². The summed E-state index contributed by atoms with van der Waals surface area (Å²) in [5.74, 6) is 0.487. The largest absolute Gasteiger partial charge is 0.508 e. The van der Waals surface area contributed by atoms with E-state index in [1.807, 2.05) is 6.07 Å². The van der Waals surface area contributed by atoms with E-state index < -0.39 is 0 Å². The van der Waals surface area contributed by atoms with Crippen LogP contribution in [0.3, 0.4) is 0 Å². The molecule has 0 unspecified atom stereocenters. The van der Waals surface area contributed by atoms with Gasteiger partial charge in [-0.15, -0.1) is 0 Å². The molecule has 0 atom stereocenters. The first kappa shape index (κ1) is 18.8. The average Bonchev–Trinajstić information content (AvgIpc) is 2.51. The maximum atomic E-state index is 10.2. The van der Waals surface area contributed by atoms with Crippen LogP contribution in [0.2, 0.25) is 6.04 Å². The second kappa shape index (κ2) is 9.07. The van der Waals surface area contributed by atoms with Crippen LogP contribution in [0, 0.1) is 13.8 Å². The van der Waals surface area contributed by atoms with Crippen LogP contribution in [0.25, 0.3) is 0 Å². The molecule has 0 aliphatic carbocycles. The summed E-state index contributed by atoms with van der Waals surface area (Å²) < 4.78 is 0.